The smallest absolute Gasteiger partial charge is 0.326 e. The Kier molecular flexibility index (Phi) is 13.5. The van der Waals surface area contributed by atoms with Crippen LogP contribution in [0.3, 0.4) is 0 Å². The topological polar surface area (TPSA) is 194 Å². The second kappa shape index (κ2) is 14.6. The van der Waals surface area contributed by atoms with Crippen LogP contribution in [0.2, 0.25) is 0 Å². The van der Waals surface area contributed by atoms with Gasteiger partial charge in [-0.25, -0.2) is 4.79 Å². The Bertz CT molecular complexity index is 645. The standard InChI is InChI=1S/C19H35N5O6S/c1-10(2)9-14(19(29)30)24-18(28)13(7-8-31-4)23-16(26)11(3)22-17(27)12(20)5-6-15(21)25/h10-14H,5-9,20H2,1-4H3,(H2,21,25)(H,22,27)(H,23,26)(H,24,28)(H,29,30). The van der Waals surface area contributed by atoms with E-state index in [4.69, 9.17) is 11.5 Å². The van der Waals surface area contributed by atoms with Crippen molar-refractivity contribution in [3.05, 3.63) is 0 Å². The highest BCUT2D eigenvalue weighted by Crippen LogP contribution is 2.07. The number of hydrogen-bond donors (Lipinski definition) is 6. The summed E-state index contributed by atoms with van der Waals surface area (Å²) >= 11 is 1.47. The first-order chi connectivity index (χ1) is 14.4. The van der Waals surface area contributed by atoms with Crippen LogP contribution in [0.1, 0.15) is 46.5 Å². The van der Waals surface area contributed by atoms with Crippen LogP contribution in [0.5, 0.6) is 0 Å². The fourth-order valence-electron chi connectivity index (χ4n) is 2.58. The monoisotopic (exact) mass is 461 g/mol. The van der Waals surface area contributed by atoms with Crippen molar-refractivity contribution in [2.24, 2.45) is 17.4 Å². The van der Waals surface area contributed by atoms with Crippen LogP contribution in [0, 0.1) is 5.92 Å². The predicted molar refractivity (Wildman–Crippen MR) is 118 cm³/mol. The first-order valence-corrected chi connectivity index (χ1v) is 11.4. The third-order valence-electron chi connectivity index (χ3n) is 4.36. The lowest BCUT2D eigenvalue weighted by Gasteiger charge is -2.24. The number of rotatable bonds is 15. The molecule has 4 atom stereocenters. The van der Waals surface area contributed by atoms with Crippen LogP contribution in [-0.2, 0) is 24.0 Å². The Labute approximate surface area is 186 Å². The van der Waals surface area contributed by atoms with Crippen molar-refractivity contribution in [2.75, 3.05) is 12.0 Å². The molecule has 4 unspecified atom stereocenters. The Morgan fingerprint density at radius 1 is 0.903 bits per heavy atom. The molecule has 0 aliphatic heterocycles. The Morgan fingerprint density at radius 2 is 1.48 bits per heavy atom. The van der Waals surface area contributed by atoms with Crippen molar-refractivity contribution in [1.82, 2.24) is 16.0 Å². The Hall–Kier alpha value is -2.34. The molecule has 178 valence electrons. The van der Waals surface area contributed by atoms with E-state index in [-0.39, 0.29) is 31.6 Å². The largest absolute Gasteiger partial charge is 0.480 e. The van der Waals surface area contributed by atoms with Crippen LogP contribution < -0.4 is 27.4 Å². The summed E-state index contributed by atoms with van der Waals surface area (Å²) in [6.07, 6.45) is 2.35. The van der Waals surface area contributed by atoms with Gasteiger partial charge < -0.3 is 32.5 Å². The zero-order valence-electron chi connectivity index (χ0n) is 18.5. The molecule has 31 heavy (non-hydrogen) atoms. The van der Waals surface area contributed by atoms with Gasteiger partial charge in [0.15, 0.2) is 0 Å². The van der Waals surface area contributed by atoms with E-state index in [0.717, 1.165) is 0 Å². The van der Waals surface area contributed by atoms with Crippen LogP contribution in [-0.4, -0.2) is 70.9 Å². The third-order valence-corrected chi connectivity index (χ3v) is 5.00. The molecule has 0 spiro atoms. The second-order valence-corrected chi connectivity index (χ2v) is 8.70. The molecule has 0 radical (unpaired) electrons. The minimum atomic E-state index is -1.15. The molecule has 0 aromatic rings. The van der Waals surface area contributed by atoms with Gasteiger partial charge in [-0.05, 0) is 44.1 Å². The first-order valence-electron chi connectivity index (χ1n) is 10.1. The molecule has 0 bridgehead atoms. The zero-order valence-corrected chi connectivity index (χ0v) is 19.3. The summed E-state index contributed by atoms with van der Waals surface area (Å²) in [4.78, 5) is 59.4. The van der Waals surface area contributed by atoms with Gasteiger partial charge in [0.25, 0.3) is 0 Å². The molecule has 8 N–H and O–H groups in total. The van der Waals surface area contributed by atoms with E-state index in [2.05, 4.69) is 16.0 Å². The predicted octanol–water partition coefficient (Wildman–Crippen LogP) is -1.06. The quantitative estimate of drug-likeness (QED) is 0.177. The molecular weight excluding hydrogens is 426 g/mol. The fourth-order valence-corrected chi connectivity index (χ4v) is 3.05. The summed E-state index contributed by atoms with van der Waals surface area (Å²) in [5.74, 6) is -2.98. The van der Waals surface area contributed by atoms with E-state index in [1.54, 1.807) is 0 Å². The summed E-state index contributed by atoms with van der Waals surface area (Å²) in [5.41, 5.74) is 10.7. The molecule has 0 saturated carbocycles. The van der Waals surface area contributed by atoms with Gasteiger partial charge in [-0.1, -0.05) is 13.8 Å². The van der Waals surface area contributed by atoms with Gasteiger partial charge >= 0.3 is 5.97 Å². The van der Waals surface area contributed by atoms with Gasteiger partial charge in [-0.2, -0.15) is 11.8 Å². The summed E-state index contributed by atoms with van der Waals surface area (Å²) in [5, 5.41) is 16.8. The second-order valence-electron chi connectivity index (χ2n) is 7.71. The maximum Gasteiger partial charge on any atom is 0.326 e. The fraction of sp³-hybridized carbons (Fsp3) is 0.737. The highest BCUT2D eigenvalue weighted by atomic mass is 32.2. The van der Waals surface area contributed by atoms with Crippen LogP contribution >= 0.6 is 11.8 Å². The number of carbonyl (C=O) groups excluding carboxylic acids is 4. The van der Waals surface area contributed by atoms with Gasteiger partial charge in [0.2, 0.25) is 23.6 Å². The van der Waals surface area contributed by atoms with Crippen molar-refractivity contribution < 1.29 is 29.1 Å². The molecular formula is C19H35N5O6S. The molecule has 0 heterocycles. The average molecular weight is 462 g/mol. The maximum atomic E-state index is 12.6. The zero-order chi connectivity index (χ0) is 24.1. The number of amides is 4. The Morgan fingerprint density at radius 3 is 1.97 bits per heavy atom. The third kappa shape index (κ3) is 12.2. The highest BCUT2D eigenvalue weighted by molar-refractivity contribution is 7.98. The molecule has 4 amide bonds. The number of nitrogens with one attached hydrogen (secondary N) is 3. The van der Waals surface area contributed by atoms with Gasteiger partial charge in [0.1, 0.15) is 18.1 Å². The Balaban J connectivity index is 5.02. The maximum absolute atomic E-state index is 12.6. The van der Waals surface area contributed by atoms with Crippen molar-refractivity contribution in [2.45, 2.75) is 70.6 Å². The lowest BCUT2D eigenvalue weighted by atomic mass is 10.0. The van der Waals surface area contributed by atoms with Crippen molar-refractivity contribution in [3.63, 3.8) is 0 Å². The van der Waals surface area contributed by atoms with E-state index >= 15 is 0 Å². The molecule has 0 aromatic heterocycles. The minimum Gasteiger partial charge on any atom is -0.480 e. The van der Waals surface area contributed by atoms with Crippen LogP contribution in [0.25, 0.3) is 0 Å². The summed E-state index contributed by atoms with van der Waals surface area (Å²) < 4.78 is 0. The van der Waals surface area contributed by atoms with Crippen LogP contribution in [0.15, 0.2) is 0 Å². The minimum absolute atomic E-state index is 0.0423. The van der Waals surface area contributed by atoms with E-state index in [0.29, 0.717) is 5.75 Å². The van der Waals surface area contributed by atoms with Gasteiger partial charge in [0.05, 0.1) is 6.04 Å². The first kappa shape index (κ1) is 28.7. The number of carboxylic acids is 1. The molecule has 0 rings (SSSR count). The number of carbonyl (C=O) groups is 5. The SMILES string of the molecule is CSCCC(NC(=O)C(C)NC(=O)C(N)CCC(N)=O)C(=O)NC(CC(C)C)C(=O)O. The normalized spacial score (nSPS) is 14.8. The molecule has 0 aromatic carbocycles. The molecule has 0 aliphatic rings. The lowest BCUT2D eigenvalue weighted by molar-refractivity contribution is -0.142. The van der Waals surface area contributed by atoms with E-state index in [9.17, 15) is 29.1 Å². The number of thioether (sulfide) groups is 1. The van der Waals surface area contributed by atoms with Crippen molar-refractivity contribution in [1.29, 1.82) is 0 Å². The number of hydrogen-bond acceptors (Lipinski definition) is 7. The summed E-state index contributed by atoms with van der Waals surface area (Å²) in [7, 11) is 0. The lowest BCUT2D eigenvalue weighted by Crippen LogP contribution is -2.56. The average Bonchev–Trinajstić information content (AvgIpc) is 2.67. The summed E-state index contributed by atoms with van der Waals surface area (Å²) in [6.45, 7) is 5.11. The van der Waals surface area contributed by atoms with Crippen LogP contribution in [0.4, 0.5) is 0 Å². The van der Waals surface area contributed by atoms with Gasteiger partial charge in [-0.3, -0.25) is 19.2 Å². The molecule has 0 fully saturated rings. The van der Waals surface area contributed by atoms with Gasteiger partial charge in [-0.15, -0.1) is 0 Å². The number of primary amides is 1. The van der Waals surface area contributed by atoms with Gasteiger partial charge in [0, 0.05) is 6.42 Å². The summed E-state index contributed by atoms with van der Waals surface area (Å²) in [6, 6.07) is -4.04. The van der Waals surface area contributed by atoms with E-state index in [1.807, 2.05) is 20.1 Å². The highest BCUT2D eigenvalue weighted by Gasteiger charge is 2.29. The number of nitrogens with two attached hydrogens (primary N) is 2. The molecule has 12 heteroatoms. The molecule has 0 aliphatic carbocycles. The van der Waals surface area contributed by atoms with E-state index in [1.165, 1.54) is 18.7 Å². The number of aliphatic carboxylic acids is 1. The van der Waals surface area contributed by atoms with Crippen molar-refractivity contribution in [3.8, 4) is 0 Å². The van der Waals surface area contributed by atoms with Crippen molar-refractivity contribution >= 4 is 41.4 Å². The van der Waals surface area contributed by atoms with E-state index < -0.39 is 53.8 Å². The number of carboxylic acid groups (broad SMARTS) is 1. The molecule has 11 nitrogen and oxygen atoms in total. The molecule has 0 saturated heterocycles.